The van der Waals surface area contributed by atoms with Gasteiger partial charge in [-0.1, -0.05) is 18.1 Å². The summed E-state index contributed by atoms with van der Waals surface area (Å²) in [6.45, 7) is 0.762. The molecule has 35 heavy (non-hydrogen) atoms. The fraction of sp³-hybridized carbons (Fsp3) is 0.318. The standard InChI is InChI=1S/C22H22FN7O5/c23-17-7-5-16(6-8-17)19-14-27(26-25-19)11-3-1-2-4-12-28-20(31)15-29(22(28)32)24-13-18-9-10-21(35-18)30(33)34/h5-10,13-14H,1-4,11-12,15H2/b24-13+. The number of rotatable bonds is 11. The van der Waals surface area contributed by atoms with E-state index in [-0.39, 0.29) is 30.6 Å². The lowest BCUT2D eigenvalue weighted by atomic mass is 10.1. The van der Waals surface area contributed by atoms with Gasteiger partial charge in [0.05, 0.1) is 18.5 Å². The van der Waals surface area contributed by atoms with E-state index in [0.717, 1.165) is 40.9 Å². The van der Waals surface area contributed by atoms with Crippen molar-refractivity contribution < 1.29 is 23.3 Å². The molecule has 0 bridgehead atoms. The molecule has 1 aliphatic rings. The van der Waals surface area contributed by atoms with E-state index in [1.807, 2.05) is 6.20 Å². The number of nitro groups is 1. The van der Waals surface area contributed by atoms with Gasteiger partial charge in [0, 0.05) is 18.7 Å². The van der Waals surface area contributed by atoms with Crippen molar-refractivity contribution in [2.75, 3.05) is 13.1 Å². The van der Waals surface area contributed by atoms with Crippen LogP contribution in [0.15, 0.2) is 52.1 Å². The molecule has 0 unspecified atom stereocenters. The highest BCUT2D eigenvalue weighted by Gasteiger charge is 2.35. The molecular formula is C22H22FN7O5. The number of imide groups is 1. The molecule has 12 nitrogen and oxygen atoms in total. The lowest BCUT2D eigenvalue weighted by Gasteiger charge is -2.13. The molecule has 1 aliphatic heterocycles. The molecule has 0 aliphatic carbocycles. The number of hydrogen-bond donors (Lipinski definition) is 0. The molecule has 3 heterocycles. The molecule has 3 amide bonds. The molecule has 182 valence electrons. The predicted molar refractivity (Wildman–Crippen MR) is 121 cm³/mol. The topological polar surface area (TPSA) is 140 Å². The molecule has 0 N–H and O–H groups in total. The summed E-state index contributed by atoms with van der Waals surface area (Å²) in [7, 11) is 0. The maximum absolute atomic E-state index is 13.0. The van der Waals surface area contributed by atoms with E-state index in [1.165, 1.54) is 24.3 Å². The molecule has 0 radical (unpaired) electrons. The van der Waals surface area contributed by atoms with Crippen LogP contribution in [0.3, 0.4) is 0 Å². The van der Waals surface area contributed by atoms with Crippen LogP contribution in [0.25, 0.3) is 11.3 Å². The molecule has 4 rings (SSSR count). The van der Waals surface area contributed by atoms with Gasteiger partial charge in [-0.05, 0) is 43.2 Å². The Hall–Kier alpha value is -4.42. The van der Waals surface area contributed by atoms with Crippen LogP contribution < -0.4 is 0 Å². The number of halogens is 1. The van der Waals surface area contributed by atoms with Gasteiger partial charge < -0.3 is 4.42 Å². The van der Waals surface area contributed by atoms with Crippen molar-refractivity contribution in [3.8, 4) is 11.3 Å². The normalized spacial score (nSPS) is 14.0. The number of nitrogens with zero attached hydrogens (tertiary/aromatic N) is 7. The van der Waals surface area contributed by atoms with Crippen LogP contribution in [0.4, 0.5) is 15.1 Å². The summed E-state index contributed by atoms with van der Waals surface area (Å²) < 4.78 is 19.7. The first kappa shape index (κ1) is 23.7. The molecule has 3 aromatic rings. The minimum Gasteiger partial charge on any atom is -0.400 e. The Morgan fingerprint density at radius 3 is 2.54 bits per heavy atom. The van der Waals surface area contributed by atoms with Crippen LogP contribution >= 0.6 is 0 Å². The molecule has 1 aromatic carbocycles. The first-order valence-electron chi connectivity index (χ1n) is 11.0. The molecular weight excluding hydrogens is 461 g/mol. The number of carbonyl (C=O) groups excluding carboxylic acids is 2. The zero-order valence-corrected chi connectivity index (χ0v) is 18.6. The van der Waals surface area contributed by atoms with Crippen LogP contribution in [0.5, 0.6) is 0 Å². The Balaban J connectivity index is 1.17. The molecule has 1 fully saturated rings. The number of furan rings is 1. The first-order chi connectivity index (χ1) is 16.9. The summed E-state index contributed by atoms with van der Waals surface area (Å²) in [4.78, 5) is 35.7. The second-order valence-electron chi connectivity index (χ2n) is 7.85. The van der Waals surface area contributed by atoms with Gasteiger partial charge in [0.15, 0.2) is 5.76 Å². The van der Waals surface area contributed by atoms with Crippen molar-refractivity contribution in [2.24, 2.45) is 5.10 Å². The van der Waals surface area contributed by atoms with Crippen LogP contribution in [-0.2, 0) is 11.3 Å². The summed E-state index contributed by atoms with van der Waals surface area (Å²) in [5, 5.41) is 23.8. The summed E-state index contributed by atoms with van der Waals surface area (Å²) in [5.41, 5.74) is 1.47. The molecule has 0 spiro atoms. The maximum Gasteiger partial charge on any atom is 0.433 e. The third-order valence-corrected chi connectivity index (χ3v) is 5.35. The number of benzene rings is 1. The number of hydrazone groups is 1. The fourth-order valence-electron chi connectivity index (χ4n) is 3.53. The molecule has 13 heteroatoms. The smallest absolute Gasteiger partial charge is 0.400 e. The largest absolute Gasteiger partial charge is 0.433 e. The highest BCUT2D eigenvalue weighted by atomic mass is 19.1. The Labute approximate surface area is 198 Å². The summed E-state index contributed by atoms with van der Waals surface area (Å²) in [6, 6.07) is 8.05. The Morgan fingerprint density at radius 1 is 1.09 bits per heavy atom. The van der Waals surface area contributed by atoms with E-state index in [4.69, 9.17) is 4.42 Å². The minimum atomic E-state index is -0.680. The summed E-state index contributed by atoms with van der Waals surface area (Å²) >= 11 is 0. The van der Waals surface area contributed by atoms with Gasteiger partial charge in [-0.25, -0.2) is 14.2 Å². The van der Waals surface area contributed by atoms with Crippen LogP contribution in [0.2, 0.25) is 0 Å². The van der Waals surface area contributed by atoms with Gasteiger partial charge in [-0.3, -0.25) is 24.5 Å². The van der Waals surface area contributed by atoms with Crippen molar-refractivity contribution in [1.29, 1.82) is 0 Å². The van der Waals surface area contributed by atoms with Crippen molar-refractivity contribution in [3.05, 3.63) is 64.3 Å². The second-order valence-corrected chi connectivity index (χ2v) is 7.85. The SMILES string of the molecule is O=C1CN(/N=C/c2ccc([N+](=O)[O-])o2)C(=O)N1CCCCCCn1cc(-c2ccc(F)cc2)nn1. The second kappa shape index (κ2) is 10.7. The van der Waals surface area contributed by atoms with Gasteiger partial charge in [-0.2, -0.15) is 5.10 Å². The molecule has 2 aromatic heterocycles. The van der Waals surface area contributed by atoms with Crippen LogP contribution in [0.1, 0.15) is 31.4 Å². The van der Waals surface area contributed by atoms with E-state index in [1.54, 1.807) is 16.8 Å². The average Bonchev–Trinajstić information content (AvgIpc) is 3.56. The van der Waals surface area contributed by atoms with Gasteiger partial charge in [0.25, 0.3) is 5.91 Å². The third kappa shape index (κ3) is 5.93. The Morgan fingerprint density at radius 2 is 1.83 bits per heavy atom. The molecule has 0 atom stereocenters. The predicted octanol–water partition coefficient (Wildman–Crippen LogP) is 3.44. The van der Waals surface area contributed by atoms with Gasteiger partial charge in [-0.15, -0.1) is 5.10 Å². The van der Waals surface area contributed by atoms with E-state index in [9.17, 15) is 24.1 Å². The zero-order valence-electron chi connectivity index (χ0n) is 18.6. The van der Waals surface area contributed by atoms with Crippen LogP contribution in [0, 0.1) is 15.9 Å². The minimum absolute atomic E-state index is 0.104. The molecule has 1 saturated heterocycles. The van der Waals surface area contributed by atoms with E-state index in [0.29, 0.717) is 18.7 Å². The maximum atomic E-state index is 13.0. The number of aryl methyl sites for hydroxylation is 1. The lowest BCUT2D eigenvalue weighted by molar-refractivity contribution is -0.402. The number of amides is 3. The van der Waals surface area contributed by atoms with E-state index < -0.39 is 16.8 Å². The van der Waals surface area contributed by atoms with Crippen molar-refractivity contribution in [3.63, 3.8) is 0 Å². The van der Waals surface area contributed by atoms with Gasteiger partial charge >= 0.3 is 11.9 Å². The highest BCUT2D eigenvalue weighted by Crippen LogP contribution is 2.18. The lowest BCUT2D eigenvalue weighted by Crippen LogP contribution is -2.32. The fourth-order valence-corrected chi connectivity index (χ4v) is 3.53. The summed E-state index contributed by atoms with van der Waals surface area (Å²) in [5.74, 6) is -0.990. The van der Waals surface area contributed by atoms with Crippen LogP contribution in [-0.4, -0.2) is 61.1 Å². The quantitative estimate of drug-likeness (QED) is 0.134. The third-order valence-electron chi connectivity index (χ3n) is 5.35. The number of urea groups is 1. The van der Waals surface area contributed by atoms with Gasteiger partial charge in [0.1, 0.15) is 23.0 Å². The number of unbranched alkanes of at least 4 members (excludes halogenated alkanes) is 3. The first-order valence-corrected chi connectivity index (χ1v) is 11.0. The van der Waals surface area contributed by atoms with Crippen molar-refractivity contribution in [2.45, 2.75) is 32.2 Å². The monoisotopic (exact) mass is 483 g/mol. The summed E-state index contributed by atoms with van der Waals surface area (Å²) in [6.07, 6.45) is 6.16. The van der Waals surface area contributed by atoms with E-state index in [2.05, 4.69) is 15.4 Å². The number of carbonyl (C=O) groups is 2. The highest BCUT2D eigenvalue weighted by molar-refractivity contribution is 6.02. The van der Waals surface area contributed by atoms with Gasteiger partial charge in [0.2, 0.25) is 0 Å². The van der Waals surface area contributed by atoms with E-state index >= 15 is 0 Å². The Kier molecular flexibility index (Phi) is 7.24. The average molecular weight is 483 g/mol. The molecule has 0 saturated carbocycles. The number of aromatic nitrogens is 3. The van der Waals surface area contributed by atoms with Crippen molar-refractivity contribution in [1.82, 2.24) is 24.9 Å². The Bertz CT molecular complexity index is 1240. The zero-order chi connectivity index (χ0) is 24.8. The number of hydrogen-bond acceptors (Lipinski definition) is 8. The van der Waals surface area contributed by atoms with Crippen molar-refractivity contribution >= 4 is 24.0 Å².